The van der Waals surface area contributed by atoms with E-state index in [1.807, 2.05) is 20.8 Å². The maximum absolute atomic E-state index is 11.4. The Kier molecular flexibility index (Phi) is 3.10. The van der Waals surface area contributed by atoms with Crippen LogP contribution in [-0.4, -0.2) is 31.3 Å². The van der Waals surface area contributed by atoms with Gasteiger partial charge in [-0.2, -0.15) is 0 Å². The number of alkyl carbamates (subject to hydrolysis) is 1. The monoisotopic (exact) mass is 226 g/mol. The van der Waals surface area contributed by atoms with Crippen LogP contribution in [0.15, 0.2) is 0 Å². The SMILES string of the molecule is CC(C)(C)NC(=O)OCCC1C2CNCC12. The number of carbonyl (C=O) groups excluding carboxylic acids is 1. The van der Waals surface area contributed by atoms with Crippen LogP contribution >= 0.6 is 0 Å². The first-order chi connectivity index (χ1) is 7.47. The summed E-state index contributed by atoms with van der Waals surface area (Å²) in [5, 5.41) is 6.15. The Morgan fingerprint density at radius 3 is 2.56 bits per heavy atom. The minimum atomic E-state index is -0.295. The minimum absolute atomic E-state index is 0.211. The first-order valence-electron chi connectivity index (χ1n) is 6.13. The zero-order valence-electron chi connectivity index (χ0n) is 10.4. The van der Waals surface area contributed by atoms with Gasteiger partial charge in [0.25, 0.3) is 0 Å². The lowest BCUT2D eigenvalue weighted by Gasteiger charge is -2.20. The number of piperidine rings is 1. The molecule has 1 heterocycles. The standard InChI is InChI=1S/C12H22N2O2/c1-12(2,3)14-11(15)16-5-4-8-9-6-13-7-10(8)9/h8-10,13H,4-7H2,1-3H3,(H,14,15). The van der Waals surface area contributed by atoms with E-state index in [0.717, 1.165) is 37.3 Å². The van der Waals surface area contributed by atoms with Crippen molar-refractivity contribution < 1.29 is 9.53 Å². The largest absolute Gasteiger partial charge is 0.450 e. The van der Waals surface area contributed by atoms with Crippen LogP contribution in [-0.2, 0) is 4.74 Å². The Hall–Kier alpha value is -0.770. The fourth-order valence-electron chi connectivity index (χ4n) is 2.60. The third-order valence-corrected chi connectivity index (χ3v) is 3.43. The van der Waals surface area contributed by atoms with E-state index in [4.69, 9.17) is 4.74 Å². The van der Waals surface area contributed by atoms with Crippen LogP contribution in [0, 0.1) is 17.8 Å². The van der Waals surface area contributed by atoms with Crippen molar-refractivity contribution in [3.05, 3.63) is 0 Å². The van der Waals surface area contributed by atoms with Gasteiger partial charge < -0.3 is 15.4 Å². The second-order valence-corrected chi connectivity index (χ2v) is 5.95. The molecule has 4 nitrogen and oxygen atoms in total. The number of hydrogen-bond acceptors (Lipinski definition) is 3. The van der Waals surface area contributed by atoms with E-state index in [2.05, 4.69) is 10.6 Å². The fraction of sp³-hybridized carbons (Fsp3) is 0.917. The van der Waals surface area contributed by atoms with E-state index >= 15 is 0 Å². The molecule has 1 amide bonds. The summed E-state index contributed by atoms with van der Waals surface area (Å²) in [6, 6.07) is 0. The van der Waals surface area contributed by atoms with Crippen LogP contribution < -0.4 is 10.6 Å². The molecule has 1 aliphatic carbocycles. The zero-order valence-corrected chi connectivity index (χ0v) is 10.4. The first kappa shape index (κ1) is 11.7. The quantitative estimate of drug-likeness (QED) is 0.764. The molecule has 2 rings (SSSR count). The molecule has 2 unspecified atom stereocenters. The summed E-state index contributed by atoms with van der Waals surface area (Å²) in [5.41, 5.74) is -0.211. The van der Waals surface area contributed by atoms with E-state index in [1.54, 1.807) is 0 Å². The highest BCUT2D eigenvalue weighted by molar-refractivity contribution is 5.67. The zero-order chi connectivity index (χ0) is 11.8. The summed E-state index contributed by atoms with van der Waals surface area (Å²) in [4.78, 5) is 11.4. The predicted molar refractivity (Wildman–Crippen MR) is 62.2 cm³/mol. The summed E-state index contributed by atoms with van der Waals surface area (Å²) in [6.45, 7) is 8.72. The van der Waals surface area contributed by atoms with Gasteiger partial charge in [0.1, 0.15) is 0 Å². The maximum Gasteiger partial charge on any atom is 0.407 e. The molecule has 0 spiro atoms. The van der Waals surface area contributed by atoms with Crippen molar-refractivity contribution in [2.75, 3.05) is 19.7 Å². The van der Waals surface area contributed by atoms with Crippen LogP contribution in [0.1, 0.15) is 27.2 Å². The van der Waals surface area contributed by atoms with Crippen LogP contribution in [0.25, 0.3) is 0 Å². The highest BCUT2D eigenvalue weighted by atomic mass is 16.5. The molecule has 1 saturated carbocycles. The van der Waals surface area contributed by atoms with E-state index in [9.17, 15) is 4.79 Å². The van der Waals surface area contributed by atoms with Crippen LogP contribution in [0.2, 0.25) is 0 Å². The summed E-state index contributed by atoms with van der Waals surface area (Å²) in [7, 11) is 0. The normalized spacial score (nSPS) is 32.1. The lowest BCUT2D eigenvalue weighted by Crippen LogP contribution is -2.41. The topological polar surface area (TPSA) is 50.4 Å². The molecular weight excluding hydrogens is 204 g/mol. The maximum atomic E-state index is 11.4. The van der Waals surface area contributed by atoms with Gasteiger partial charge in [-0.3, -0.25) is 0 Å². The van der Waals surface area contributed by atoms with Gasteiger partial charge in [0.05, 0.1) is 6.61 Å². The van der Waals surface area contributed by atoms with Gasteiger partial charge in [-0.15, -0.1) is 0 Å². The molecule has 0 aromatic rings. The van der Waals surface area contributed by atoms with Gasteiger partial charge in [0.15, 0.2) is 0 Å². The lowest BCUT2D eigenvalue weighted by atomic mass is 10.1. The molecule has 0 bridgehead atoms. The van der Waals surface area contributed by atoms with Crippen molar-refractivity contribution in [3.63, 3.8) is 0 Å². The number of rotatable bonds is 3. The Bertz CT molecular complexity index is 263. The predicted octanol–water partition coefficient (Wildman–Crippen LogP) is 1.37. The number of fused-ring (bicyclic) bond motifs is 1. The molecule has 2 atom stereocenters. The van der Waals surface area contributed by atoms with Gasteiger partial charge >= 0.3 is 6.09 Å². The van der Waals surface area contributed by atoms with Crippen molar-refractivity contribution >= 4 is 6.09 Å². The molecule has 0 radical (unpaired) electrons. The molecule has 92 valence electrons. The minimum Gasteiger partial charge on any atom is -0.450 e. The molecule has 2 fully saturated rings. The second-order valence-electron chi connectivity index (χ2n) is 5.95. The van der Waals surface area contributed by atoms with Gasteiger partial charge in [-0.05, 0) is 58.0 Å². The number of nitrogens with one attached hydrogen (secondary N) is 2. The molecule has 0 aromatic heterocycles. The van der Waals surface area contributed by atoms with Gasteiger partial charge in [0, 0.05) is 5.54 Å². The average Bonchev–Trinajstić information content (AvgIpc) is 2.57. The number of ether oxygens (including phenoxy) is 1. The smallest absolute Gasteiger partial charge is 0.407 e. The Balaban J connectivity index is 1.57. The molecule has 4 heteroatoms. The average molecular weight is 226 g/mol. The van der Waals surface area contributed by atoms with Gasteiger partial charge in [0.2, 0.25) is 0 Å². The highest BCUT2D eigenvalue weighted by Crippen LogP contribution is 2.50. The fourth-order valence-corrected chi connectivity index (χ4v) is 2.60. The third kappa shape index (κ3) is 2.88. The molecule has 16 heavy (non-hydrogen) atoms. The first-order valence-corrected chi connectivity index (χ1v) is 6.13. The molecule has 2 aliphatic rings. The molecule has 1 saturated heterocycles. The lowest BCUT2D eigenvalue weighted by molar-refractivity contribution is 0.133. The van der Waals surface area contributed by atoms with Gasteiger partial charge in [-0.1, -0.05) is 0 Å². The Morgan fingerprint density at radius 1 is 1.38 bits per heavy atom. The van der Waals surface area contributed by atoms with E-state index in [-0.39, 0.29) is 11.6 Å². The Labute approximate surface area is 97.1 Å². The van der Waals surface area contributed by atoms with Crippen LogP contribution in [0.5, 0.6) is 0 Å². The summed E-state index contributed by atoms with van der Waals surface area (Å²) < 4.78 is 5.16. The van der Waals surface area contributed by atoms with Crippen molar-refractivity contribution in [2.24, 2.45) is 17.8 Å². The van der Waals surface area contributed by atoms with E-state index in [0.29, 0.717) is 6.61 Å². The van der Waals surface area contributed by atoms with Crippen molar-refractivity contribution in [1.29, 1.82) is 0 Å². The Morgan fingerprint density at radius 2 is 2.00 bits per heavy atom. The van der Waals surface area contributed by atoms with Crippen molar-refractivity contribution in [1.82, 2.24) is 10.6 Å². The van der Waals surface area contributed by atoms with E-state index in [1.165, 1.54) is 0 Å². The molecule has 2 N–H and O–H groups in total. The van der Waals surface area contributed by atoms with Gasteiger partial charge in [-0.25, -0.2) is 4.79 Å². The summed E-state index contributed by atoms with van der Waals surface area (Å²) >= 11 is 0. The van der Waals surface area contributed by atoms with Crippen LogP contribution in [0.4, 0.5) is 4.79 Å². The number of carbonyl (C=O) groups is 1. The number of amides is 1. The van der Waals surface area contributed by atoms with Crippen molar-refractivity contribution in [3.8, 4) is 0 Å². The highest BCUT2D eigenvalue weighted by Gasteiger charge is 2.51. The molecule has 1 aliphatic heterocycles. The summed E-state index contributed by atoms with van der Waals surface area (Å²) in [5.74, 6) is 2.51. The van der Waals surface area contributed by atoms with E-state index < -0.39 is 0 Å². The summed E-state index contributed by atoms with van der Waals surface area (Å²) in [6.07, 6.45) is 0.727. The molecular formula is C12H22N2O2. The second kappa shape index (κ2) is 4.24. The van der Waals surface area contributed by atoms with Crippen molar-refractivity contribution in [2.45, 2.75) is 32.7 Å². The molecule has 0 aromatic carbocycles. The number of hydrogen-bond donors (Lipinski definition) is 2. The van der Waals surface area contributed by atoms with Crippen LogP contribution in [0.3, 0.4) is 0 Å². The third-order valence-electron chi connectivity index (χ3n) is 3.43.